The van der Waals surface area contributed by atoms with Gasteiger partial charge in [-0.3, -0.25) is 9.59 Å². The Morgan fingerprint density at radius 3 is 1.86 bits per heavy atom. The lowest BCUT2D eigenvalue weighted by molar-refractivity contribution is -0.124. The summed E-state index contributed by atoms with van der Waals surface area (Å²) in [6.45, 7) is 0.519. The third kappa shape index (κ3) is 5.47. The number of carbonyl (C=O) groups is 2. The van der Waals surface area contributed by atoms with E-state index in [1.165, 1.54) is 0 Å². The molecule has 0 rings (SSSR count). The molecule has 5 heteroatoms. The van der Waals surface area contributed by atoms with E-state index in [0.29, 0.717) is 0 Å². The summed E-state index contributed by atoms with van der Waals surface area (Å²) in [6, 6.07) is 0. The van der Waals surface area contributed by atoms with Crippen LogP contribution in [0.2, 0.25) is 0 Å². The largest absolute Gasteiger partial charge is 0.836 e. The van der Waals surface area contributed by atoms with E-state index >= 15 is 0 Å². The van der Waals surface area contributed by atoms with Crippen LogP contribution in [0.1, 0.15) is 0 Å². The molecule has 0 N–H and O–H groups in total. The van der Waals surface area contributed by atoms with E-state index in [0.717, 1.165) is 0 Å². The van der Waals surface area contributed by atoms with Crippen molar-refractivity contribution in [3.05, 3.63) is 0 Å². The third-order valence-corrected chi connectivity index (χ3v) is 0.816. The van der Waals surface area contributed by atoms with Crippen LogP contribution in [0.25, 0.3) is 0 Å². The lowest BCUT2D eigenvalue weighted by atomic mass is 11.7. The molecule has 0 aliphatic rings. The Bertz CT molecular complexity index is 54.7. The van der Waals surface area contributed by atoms with Crippen LogP contribution in [0, 0.1) is 0 Å². The Hall–Kier alpha value is -0.528. The first-order valence-electron chi connectivity index (χ1n) is 1.52. The molecule has 0 aliphatic carbocycles. The number of hydrogen-bond donors (Lipinski definition) is 0. The highest BCUT2D eigenvalue weighted by Gasteiger charge is 1.93. The van der Waals surface area contributed by atoms with Gasteiger partial charge in [0.05, 0.1) is 0 Å². The van der Waals surface area contributed by atoms with Gasteiger partial charge < -0.3 is 7.58 Å². The van der Waals surface area contributed by atoms with E-state index in [9.17, 15) is 9.59 Å². The van der Waals surface area contributed by atoms with Crippen LogP contribution in [0.3, 0.4) is 0 Å². The molecular formula is C2H3AlO4. The molecule has 0 aromatic rings. The molecule has 0 aliphatic heterocycles. The molecule has 0 saturated carbocycles. The van der Waals surface area contributed by atoms with E-state index in [1.807, 2.05) is 0 Å². The van der Waals surface area contributed by atoms with Gasteiger partial charge in [0.25, 0.3) is 12.9 Å². The van der Waals surface area contributed by atoms with Crippen molar-refractivity contribution in [1.29, 1.82) is 0 Å². The average molecular weight is 118 g/mol. The molecule has 0 saturated heterocycles. The van der Waals surface area contributed by atoms with E-state index in [2.05, 4.69) is 7.58 Å². The lowest BCUT2D eigenvalue weighted by Gasteiger charge is -1.87. The maximum Gasteiger partial charge on any atom is 0.836 e. The van der Waals surface area contributed by atoms with Crippen molar-refractivity contribution in [3.63, 3.8) is 0 Å². The van der Waals surface area contributed by atoms with E-state index in [1.54, 1.807) is 0 Å². The van der Waals surface area contributed by atoms with Crippen LogP contribution in [-0.2, 0) is 17.2 Å². The minimum absolute atomic E-state index is 0.260. The topological polar surface area (TPSA) is 52.6 Å². The second-order valence-electron chi connectivity index (χ2n) is 0.644. The van der Waals surface area contributed by atoms with Crippen molar-refractivity contribution in [2.75, 3.05) is 0 Å². The molecule has 0 aromatic carbocycles. The van der Waals surface area contributed by atoms with Gasteiger partial charge in [-0.1, -0.05) is 0 Å². The van der Waals surface area contributed by atoms with E-state index in [4.69, 9.17) is 0 Å². The molecule has 0 spiro atoms. The first-order valence-corrected chi connectivity index (χ1v) is 2.67. The van der Waals surface area contributed by atoms with Gasteiger partial charge in [-0.25, -0.2) is 0 Å². The Labute approximate surface area is 46.8 Å². The fourth-order valence-corrected chi connectivity index (χ4v) is 0.285. The maximum absolute atomic E-state index is 9.30. The number of rotatable bonds is 4. The van der Waals surface area contributed by atoms with Crippen molar-refractivity contribution in [2.24, 2.45) is 0 Å². The van der Waals surface area contributed by atoms with Gasteiger partial charge in [-0.2, -0.15) is 0 Å². The molecule has 0 aromatic heterocycles. The number of carbonyl (C=O) groups excluding carboxylic acids is 2. The molecule has 0 radical (unpaired) electrons. The van der Waals surface area contributed by atoms with E-state index in [-0.39, 0.29) is 12.9 Å². The van der Waals surface area contributed by atoms with Crippen molar-refractivity contribution in [3.8, 4) is 0 Å². The molecule has 0 atom stereocenters. The van der Waals surface area contributed by atoms with Crippen molar-refractivity contribution in [1.82, 2.24) is 0 Å². The van der Waals surface area contributed by atoms with Gasteiger partial charge in [-0.05, 0) is 0 Å². The van der Waals surface area contributed by atoms with Crippen molar-refractivity contribution < 1.29 is 17.2 Å². The molecule has 38 valence electrons. The summed E-state index contributed by atoms with van der Waals surface area (Å²) in [5, 5.41) is 0. The summed E-state index contributed by atoms with van der Waals surface area (Å²) in [5.41, 5.74) is 0. The smallest absolute Gasteiger partial charge is 0.590 e. The van der Waals surface area contributed by atoms with Crippen LogP contribution in [-0.4, -0.2) is 28.8 Å². The Balaban J connectivity index is 2.68. The summed E-state index contributed by atoms with van der Waals surface area (Å²) in [5.74, 6) is 0. The molecule has 7 heavy (non-hydrogen) atoms. The predicted octanol–water partition coefficient (Wildman–Crippen LogP) is -1.40. The summed E-state index contributed by atoms with van der Waals surface area (Å²) in [6.07, 6.45) is 0. The molecule has 4 nitrogen and oxygen atoms in total. The average Bonchev–Trinajstić information content (AvgIpc) is 1.69. The van der Waals surface area contributed by atoms with Gasteiger partial charge in [0.2, 0.25) is 0 Å². The first kappa shape index (κ1) is 6.47. The fraction of sp³-hybridized carbons (Fsp3) is 0. The maximum atomic E-state index is 9.30. The van der Waals surface area contributed by atoms with Gasteiger partial charge >= 0.3 is 15.9 Å². The third-order valence-electron chi connectivity index (χ3n) is 0.272. The summed E-state index contributed by atoms with van der Waals surface area (Å²) in [4.78, 5) is 18.6. The van der Waals surface area contributed by atoms with Crippen LogP contribution in [0.4, 0.5) is 0 Å². The first-order chi connectivity index (χ1) is 3.41. The molecule has 0 bridgehead atoms. The van der Waals surface area contributed by atoms with Gasteiger partial charge in [0, 0.05) is 0 Å². The van der Waals surface area contributed by atoms with Crippen LogP contribution in [0.15, 0.2) is 0 Å². The van der Waals surface area contributed by atoms with Crippen LogP contribution >= 0.6 is 0 Å². The van der Waals surface area contributed by atoms with Gasteiger partial charge in [0.15, 0.2) is 0 Å². The zero-order chi connectivity index (χ0) is 5.54. The predicted molar refractivity (Wildman–Crippen MR) is 21.4 cm³/mol. The van der Waals surface area contributed by atoms with Crippen LogP contribution in [0.5, 0.6) is 0 Å². The summed E-state index contributed by atoms with van der Waals surface area (Å²) >= 11 is -1.32. The second-order valence-corrected chi connectivity index (χ2v) is 1.55. The Morgan fingerprint density at radius 1 is 1.14 bits per heavy atom. The standard InChI is InChI=1S/2CH2O2.Al.H/c2*2-1-3;;/h2*1H,(H,2,3);;/q;;+2;/p-2. The minimum Gasteiger partial charge on any atom is -0.590 e. The van der Waals surface area contributed by atoms with Gasteiger partial charge in [0.1, 0.15) is 0 Å². The molecule has 0 unspecified atom stereocenters. The second kappa shape index (κ2) is 5.47. The Morgan fingerprint density at radius 2 is 1.57 bits per heavy atom. The molecule has 0 heterocycles. The highest BCUT2D eigenvalue weighted by Crippen LogP contribution is 1.59. The molecule has 0 fully saturated rings. The zero-order valence-corrected chi connectivity index (χ0v) is 4.91. The van der Waals surface area contributed by atoms with Crippen molar-refractivity contribution in [2.45, 2.75) is 0 Å². The zero-order valence-electron chi connectivity index (χ0n) is 3.49. The van der Waals surface area contributed by atoms with Gasteiger partial charge in [-0.15, -0.1) is 0 Å². The summed E-state index contributed by atoms with van der Waals surface area (Å²) in [7, 11) is 0. The normalized spacial score (nSPS) is 6.29. The Kier molecular flexibility index (Phi) is 5.06. The quantitative estimate of drug-likeness (QED) is 0.259. The van der Waals surface area contributed by atoms with E-state index < -0.39 is 15.9 Å². The lowest BCUT2D eigenvalue weighted by Crippen LogP contribution is -2.00. The van der Waals surface area contributed by atoms with Crippen molar-refractivity contribution >= 4 is 28.8 Å². The van der Waals surface area contributed by atoms with Crippen LogP contribution < -0.4 is 0 Å². The fourth-order valence-electron chi connectivity index (χ4n) is 0.0948. The molecule has 0 amide bonds. The SMILES string of the molecule is O=C[O][AlH][O]C=O. The number of hydrogen-bond acceptors (Lipinski definition) is 4. The minimum atomic E-state index is -1.32. The highest BCUT2D eigenvalue weighted by molar-refractivity contribution is 6.22. The monoisotopic (exact) mass is 118 g/mol. The highest BCUT2D eigenvalue weighted by atomic mass is 27.2. The molecular weight excluding hydrogens is 115 g/mol. The summed E-state index contributed by atoms with van der Waals surface area (Å²) < 4.78 is 8.16.